The summed E-state index contributed by atoms with van der Waals surface area (Å²) in [5.41, 5.74) is 4.76. The molecule has 5 heteroatoms. The highest BCUT2D eigenvalue weighted by Crippen LogP contribution is 2.26. The maximum atomic E-state index is 12.8. The Labute approximate surface area is 149 Å². The first-order chi connectivity index (χ1) is 12.1. The van der Waals surface area contributed by atoms with Gasteiger partial charge < -0.3 is 0 Å². The Hall–Kier alpha value is -2.85. The third-order valence-electron chi connectivity index (χ3n) is 4.24. The van der Waals surface area contributed by atoms with Gasteiger partial charge in [0.2, 0.25) is 0 Å². The van der Waals surface area contributed by atoms with Crippen molar-refractivity contribution >= 4 is 17.2 Å². The number of nitrogens with zero attached hydrogens (tertiary/aromatic N) is 3. The first-order valence-electron chi connectivity index (χ1n) is 7.99. The van der Waals surface area contributed by atoms with Crippen molar-refractivity contribution in [2.75, 3.05) is 0 Å². The lowest BCUT2D eigenvalue weighted by Crippen LogP contribution is -2.22. The van der Waals surface area contributed by atoms with Crippen molar-refractivity contribution < 1.29 is 0 Å². The summed E-state index contributed by atoms with van der Waals surface area (Å²) in [6.45, 7) is 3.78. The lowest BCUT2D eigenvalue weighted by molar-refractivity contribution is 0.766. The minimum Gasteiger partial charge on any atom is -0.266 e. The molecule has 0 spiro atoms. The topological polar surface area (TPSA) is 39.3 Å². The third-order valence-corrected chi connectivity index (χ3v) is 4.67. The van der Waals surface area contributed by atoms with E-state index in [0.717, 1.165) is 22.5 Å². The summed E-state index contributed by atoms with van der Waals surface area (Å²) in [6, 6.07) is 19.9. The smallest absolute Gasteiger partial charge is 0.266 e. The van der Waals surface area contributed by atoms with Gasteiger partial charge in [-0.1, -0.05) is 59.6 Å². The van der Waals surface area contributed by atoms with E-state index in [1.807, 2.05) is 72.3 Å². The van der Waals surface area contributed by atoms with Crippen LogP contribution >= 0.6 is 11.6 Å². The molecule has 0 saturated carbocycles. The highest BCUT2D eigenvalue weighted by molar-refractivity contribution is 6.31. The van der Waals surface area contributed by atoms with E-state index in [4.69, 9.17) is 11.6 Å². The molecule has 2 heterocycles. The van der Waals surface area contributed by atoms with Gasteiger partial charge in [0, 0.05) is 11.6 Å². The molecule has 0 aliphatic rings. The molecule has 4 aromatic rings. The molecule has 0 unspecified atom stereocenters. The second-order valence-corrected chi connectivity index (χ2v) is 6.41. The Morgan fingerprint density at radius 2 is 1.64 bits per heavy atom. The van der Waals surface area contributed by atoms with Gasteiger partial charge in [-0.2, -0.15) is 4.52 Å². The summed E-state index contributed by atoms with van der Waals surface area (Å²) in [7, 11) is 0. The van der Waals surface area contributed by atoms with Crippen LogP contribution in [-0.2, 0) is 0 Å². The zero-order valence-corrected chi connectivity index (χ0v) is 14.7. The number of hydrogen-bond donors (Lipinski definition) is 0. The molecule has 2 aromatic carbocycles. The van der Waals surface area contributed by atoms with E-state index in [1.54, 1.807) is 6.92 Å². The van der Waals surface area contributed by atoms with Crippen molar-refractivity contribution in [3.8, 4) is 16.9 Å². The summed E-state index contributed by atoms with van der Waals surface area (Å²) in [6.07, 6.45) is 0. The van der Waals surface area contributed by atoms with Gasteiger partial charge >= 0.3 is 0 Å². The second kappa shape index (κ2) is 5.90. The highest BCUT2D eigenvalue weighted by Gasteiger charge is 2.17. The minimum atomic E-state index is -0.271. The molecule has 0 aliphatic carbocycles. The van der Waals surface area contributed by atoms with Gasteiger partial charge in [-0.05, 0) is 26.0 Å². The van der Waals surface area contributed by atoms with Crippen LogP contribution in [0.5, 0.6) is 0 Å². The van der Waals surface area contributed by atoms with E-state index >= 15 is 0 Å². The van der Waals surface area contributed by atoms with E-state index < -0.39 is 0 Å². The monoisotopic (exact) mass is 349 g/mol. The average Bonchev–Trinajstić information content (AvgIpc) is 3.00. The maximum absolute atomic E-state index is 12.8. The Morgan fingerprint density at radius 1 is 0.960 bits per heavy atom. The Morgan fingerprint density at radius 3 is 2.32 bits per heavy atom. The average molecular weight is 350 g/mol. The fraction of sp³-hybridized carbons (Fsp3) is 0.100. The molecule has 4 rings (SSSR count). The predicted octanol–water partition coefficient (Wildman–Crippen LogP) is 4.42. The van der Waals surface area contributed by atoms with E-state index in [1.165, 1.54) is 4.52 Å². The van der Waals surface area contributed by atoms with Crippen molar-refractivity contribution in [3.05, 3.63) is 87.3 Å². The first kappa shape index (κ1) is 15.7. The number of aromatic nitrogens is 3. The molecule has 0 aliphatic heterocycles. The third kappa shape index (κ3) is 2.55. The van der Waals surface area contributed by atoms with Crippen molar-refractivity contribution in [1.29, 1.82) is 0 Å². The zero-order valence-electron chi connectivity index (χ0n) is 13.9. The largest absolute Gasteiger partial charge is 0.292 e. The molecule has 0 bridgehead atoms. The Kier molecular flexibility index (Phi) is 3.70. The van der Waals surface area contributed by atoms with Crippen LogP contribution in [0.1, 0.15) is 11.3 Å². The fourth-order valence-corrected chi connectivity index (χ4v) is 3.08. The molecule has 0 fully saturated rings. The number of fused-ring (bicyclic) bond motifs is 1. The number of rotatable bonds is 2. The summed E-state index contributed by atoms with van der Waals surface area (Å²) in [5, 5.41) is 0.142. The Bertz CT molecular complexity index is 1130. The summed E-state index contributed by atoms with van der Waals surface area (Å²) >= 11 is 6.19. The van der Waals surface area contributed by atoms with Gasteiger partial charge in [0.05, 0.1) is 17.1 Å². The summed E-state index contributed by atoms with van der Waals surface area (Å²) in [4.78, 5) is 17.3. The van der Waals surface area contributed by atoms with Crippen LogP contribution in [0.2, 0.25) is 5.02 Å². The minimum absolute atomic E-state index is 0.142. The van der Waals surface area contributed by atoms with E-state index in [9.17, 15) is 4.79 Å². The van der Waals surface area contributed by atoms with Crippen LogP contribution in [0, 0.1) is 13.8 Å². The standard InChI is InChI=1S/C20H16ClN3O/c1-13-8-10-16(11-9-13)23-17(15-6-4-3-5-7-15)12-18-22-14(2)19(21)20(25)24(18)23/h3-12H,1-2H3. The van der Waals surface area contributed by atoms with E-state index in [0.29, 0.717) is 11.3 Å². The quantitative estimate of drug-likeness (QED) is 0.537. The number of aryl methyl sites for hydroxylation is 2. The normalized spacial score (nSPS) is 11.2. The van der Waals surface area contributed by atoms with Crippen LogP contribution in [0.4, 0.5) is 0 Å². The van der Waals surface area contributed by atoms with Crippen LogP contribution in [0.25, 0.3) is 22.6 Å². The molecule has 0 atom stereocenters. The zero-order chi connectivity index (χ0) is 17.6. The van der Waals surface area contributed by atoms with Gasteiger partial charge in [-0.3, -0.25) is 4.79 Å². The lowest BCUT2D eigenvalue weighted by atomic mass is 10.1. The van der Waals surface area contributed by atoms with Crippen LogP contribution in [-0.4, -0.2) is 14.2 Å². The second-order valence-electron chi connectivity index (χ2n) is 6.03. The molecule has 0 radical (unpaired) electrons. The van der Waals surface area contributed by atoms with Gasteiger partial charge in [0.1, 0.15) is 5.02 Å². The molecule has 0 amide bonds. The van der Waals surface area contributed by atoms with Crippen LogP contribution < -0.4 is 5.56 Å². The molecule has 0 N–H and O–H groups in total. The highest BCUT2D eigenvalue weighted by atomic mass is 35.5. The van der Waals surface area contributed by atoms with E-state index in [-0.39, 0.29) is 10.6 Å². The molecule has 0 saturated heterocycles. The van der Waals surface area contributed by atoms with Crippen molar-refractivity contribution in [3.63, 3.8) is 0 Å². The number of benzene rings is 2. The van der Waals surface area contributed by atoms with Crippen molar-refractivity contribution in [2.45, 2.75) is 13.8 Å². The van der Waals surface area contributed by atoms with Crippen molar-refractivity contribution in [2.24, 2.45) is 0 Å². The lowest BCUT2D eigenvalue weighted by Gasteiger charge is -2.12. The fourth-order valence-electron chi connectivity index (χ4n) is 2.95. The number of halogens is 1. The van der Waals surface area contributed by atoms with Gasteiger partial charge in [0.25, 0.3) is 5.56 Å². The summed E-state index contributed by atoms with van der Waals surface area (Å²) in [5.74, 6) is 0. The Balaban J connectivity index is 2.15. The number of hydrogen-bond acceptors (Lipinski definition) is 2. The molecule has 2 aromatic heterocycles. The van der Waals surface area contributed by atoms with E-state index in [2.05, 4.69) is 4.98 Å². The molecule has 124 valence electrons. The molecule has 25 heavy (non-hydrogen) atoms. The molecular formula is C20H16ClN3O. The first-order valence-corrected chi connectivity index (χ1v) is 8.37. The van der Waals surface area contributed by atoms with Gasteiger partial charge in [-0.25, -0.2) is 9.67 Å². The van der Waals surface area contributed by atoms with Crippen molar-refractivity contribution in [1.82, 2.24) is 14.2 Å². The van der Waals surface area contributed by atoms with Gasteiger partial charge in [0.15, 0.2) is 5.65 Å². The van der Waals surface area contributed by atoms with Gasteiger partial charge in [-0.15, -0.1) is 0 Å². The molecule has 4 nitrogen and oxygen atoms in total. The predicted molar refractivity (Wildman–Crippen MR) is 101 cm³/mol. The SMILES string of the molecule is Cc1ccc(-n2c(-c3ccccc3)cc3nc(C)c(Cl)c(=O)n32)cc1. The summed E-state index contributed by atoms with van der Waals surface area (Å²) < 4.78 is 3.40. The molecular weight excluding hydrogens is 334 g/mol. The van der Waals surface area contributed by atoms with Crippen LogP contribution in [0.15, 0.2) is 65.5 Å². The maximum Gasteiger partial charge on any atom is 0.292 e. The van der Waals surface area contributed by atoms with Crippen LogP contribution in [0.3, 0.4) is 0 Å².